The Kier molecular flexibility index (Phi) is 3.87. The highest BCUT2D eigenvalue weighted by atomic mass is 35.6. The van der Waals surface area contributed by atoms with Gasteiger partial charge in [0.05, 0.1) is 5.69 Å². The molecule has 1 aromatic rings. The molecule has 16 heavy (non-hydrogen) atoms. The lowest BCUT2D eigenvalue weighted by molar-refractivity contribution is -0.112. The molecule has 3 N–H and O–H groups in total. The highest BCUT2D eigenvalue weighted by molar-refractivity contribution is 6.77. The van der Waals surface area contributed by atoms with E-state index < -0.39 is 15.5 Å². The summed E-state index contributed by atoms with van der Waals surface area (Å²) in [6.45, 7) is 0. The molecular weight excluding hydrogens is 274 g/mol. The summed E-state index contributed by atoms with van der Waals surface area (Å²) >= 11 is 16.2. The lowest BCUT2D eigenvalue weighted by Crippen LogP contribution is -2.19. The van der Waals surface area contributed by atoms with E-state index in [2.05, 4.69) is 16.8 Å². The maximum atomic E-state index is 11.5. The molecule has 0 atom stereocenters. The lowest BCUT2D eigenvalue weighted by atomic mass is 10.2. The van der Waals surface area contributed by atoms with E-state index in [4.69, 9.17) is 40.5 Å². The molecule has 0 saturated carbocycles. The van der Waals surface area contributed by atoms with Gasteiger partial charge in [-0.05, 0) is 6.07 Å². The van der Waals surface area contributed by atoms with Crippen LogP contribution in [0.15, 0.2) is 12.3 Å². The summed E-state index contributed by atoms with van der Waals surface area (Å²) in [4.78, 5) is 24.4. The van der Waals surface area contributed by atoms with Crippen LogP contribution in [0.3, 0.4) is 0 Å². The second-order valence-electron chi connectivity index (χ2n) is 2.74. The van der Waals surface area contributed by atoms with Gasteiger partial charge in [0.1, 0.15) is 0 Å². The largest absolute Gasteiger partial charge is 0.359 e. The van der Waals surface area contributed by atoms with Crippen LogP contribution in [0.4, 0.5) is 0 Å². The number of nitrogens with one attached hydrogen (secondary N) is 1. The first-order chi connectivity index (χ1) is 7.30. The highest BCUT2D eigenvalue weighted by Gasteiger charge is 2.32. The standard InChI is InChI=1S/C9H5Cl3N2O2/c10-9(11,12)8(16)6-3-5(4-14-6)1-2-7(13)15/h3-4,14H,(H2,13,15). The molecule has 4 nitrogen and oxygen atoms in total. The molecule has 1 heterocycles. The number of alkyl halides is 3. The predicted molar refractivity (Wildman–Crippen MR) is 61.5 cm³/mol. The molecule has 84 valence electrons. The van der Waals surface area contributed by atoms with Crippen LogP contribution in [0.2, 0.25) is 0 Å². The molecule has 0 aliphatic rings. The van der Waals surface area contributed by atoms with Gasteiger partial charge in [0, 0.05) is 17.7 Å². The van der Waals surface area contributed by atoms with Crippen molar-refractivity contribution < 1.29 is 9.59 Å². The monoisotopic (exact) mass is 278 g/mol. The Labute approximate surface area is 106 Å². The van der Waals surface area contributed by atoms with Crippen LogP contribution in [-0.2, 0) is 4.79 Å². The van der Waals surface area contributed by atoms with Gasteiger partial charge in [-0.3, -0.25) is 9.59 Å². The molecule has 0 radical (unpaired) electrons. The second kappa shape index (κ2) is 4.79. The van der Waals surface area contributed by atoms with Gasteiger partial charge in [-0.2, -0.15) is 0 Å². The maximum Gasteiger partial charge on any atom is 0.293 e. The van der Waals surface area contributed by atoms with Crippen molar-refractivity contribution in [3.63, 3.8) is 0 Å². The van der Waals surface area contributed by atoms with E-state index in [-0.39, 0.29) is 5.69 Å². The topological polar surface area (TPSA) is 76.0 Å². The number of carbonyl (C=O) groups excluding carboxylic acids is 2. The number of ketones is 1. The third kappa shape index (κ3) is 3.46. The van der Waals surface area contributed by atoms with Gasteiger partial charge in [-0.1, -0.05) is 40.7 Å². The van der Waals surface area contributed by atoms with E-state index in [1.165, 1.54) is 12.3 Å². The summed E-state index contributed by atoms with van der Waals surface area (Å²) in [6, 6.07) is 1.36. The van der Waals surface area contributed by atoms with Crippen LogP contribution in [0, 0.1) is 11.8 Å². The summed E-state index contributed by atoms with van der Waals surface area (Å²) in [6.07, 6.45) is 1.40. The van der Waals surface area contributed by atoms with Crippen LogP contribution in [0.25, 0.3) is 0 Å². The van der Waals surface area contributed by atoms with Crippen molar-refractivity contribution in [2.24, 2.45) is 5.73 Å². The number of halogens is 3. The molecular formula is C9H5Cl3N2O2. The Hall–Kier alpha value is -1.15. The fourth-order valence-electron chi connectivity index (χ4n) is 0.884. The fraction of sp³-hybridized carbons (Fsp3) is 0.111. The van der Waals surface area contributed by atoms with Crippen molar-refractivity contribution >= 4 is 46.5 Å². The third-order valence-electron chi connectivity index (χ3n) is 1.52. The Morgan fingerprint density at radius 3 is 2.50 bits per heavy atom. The lowest BCUT2D eigenvalue weighted by Gasteiger charge is -2.06. The van der Waals surface area contributed by atoms with E-state index in [0.717, 1.165) is 0 Å². The molecule has 0 bridgehead atoms. The molecule has 0 saturated heterocycles. The maximum absolute atomic E-state index is 11.5. The van der Waals surface area contributed by atoms with Gasteiger partial charge >= 0.3 is 0 Å². The molecule has 0 unspecified atom stereocenters. The van der Waals surface area contributed by atoms with Gasteiger partial charge in [-0.15, -0.1) is 0 Å². The van der Waals surface area contributed by atoms with Gasteiger partial charge in [0.15, 0.2) is 0 Å². The van der Waals surface area contributed by atoms with Crippen molar-refractivity contribution in [3.8, 4) is 11.8 Å². The van der Waals surface area contributed by atoms with E-state index in [9.17, 15) is 9.59 Å². The fourth-order valence-corrected chi connectivity index (χ4v) is 1.19. The molecule has 0 aliphatic heterocycles. The first-order valence-corrected chi connectivity index (χ1v) is 5.05. The van der Waals surface area contributed by atoms with Crippen LogP contribution in [0.1, 0.15) is 16.1 Å². The summed E-state index contributed by atoms with van der Waals surface area (Å²) in [7, 11) is 0. The molecule has 1 rings (SSSR count). The summed E-state index contributed by atoms with van der Waals surface area (Å²) in [5, 5.41) is 0. The number of rotatable bonds is 1. The number of H-pyrrole nitrogens is 1. The number of primary amides is 1. The summed E-state index contributed by atoms with van der Waals surface area (Å²) in [5.41, 5.74) is 5.31. The molecule has 0 fully saturated rings. The van der Waals surface area contributed by atoms with Crippen LogP contribution >= 0.6 is 34.8 Å². The number of hydrogen-bond donors (Lipinski definition) is 2. The number of carbonyl (C=O) groups is 2. The van der Waals surface area contributed by atoms with Crippen molar-refractivity contribution in [2.45, 2.75) is 3.79 Å². The highest BCUT2D eigenvalue weighted by Crippen LogP contribution is 2.30. The number of aromatic nitrogens is 1. The summed E-state index contributed by atoms with van der Waals surface area (Å²) in [5.74, 6) is 3.07. The zero-order valence-electron chi connectivity index (χ0n) is 7.68. The first kappa shape index (κ1) is 12.9. The van der Waals surface area contributed by atoms with Crippen LogP contribution in [-0.4, -0.2) is 20.5 Å². The van der Waals surface area contributed by atoms with Crippen molar-refractivity contribution in [3.05, 3.63) is 23.5 Å². The molecule has 1 aromatic heterocycles. The minimum Gasteiger partial charge on any atom is -0.359 e. The van der Waals surface area contributed by atoms with Crippen molar-refractivity contribution in [1.82, 2.24) is 4.98 Å². The normalized spacial score (nSPS) is 10.4. The van der Waals surface area contributed by atoms with E-state index >= 15 is 0 Å². The van der Waals surface area contributed by atoms with Gasteiger partial charge in [-0.25, -0.2) is 0 Å². The molecule has 1 amide bonds. The molecule has 7 heteroatoms. The number of aromatic amines is 1. The zero-order chi connectivity index (χ0) is 12.3. The number of Topliss-reactive ketones (excluding diaryl/α,β-unsaturated/α-hetero) is 1. The Bertz CT molecular complexity index is 491. The average molecular weight is 280 g/mol. The molecule has 0 aliphatic carbocycles. The SMILES string of the molecule is NC(=O)C#Cc1c[nH]c(C(=O)C(Cl)(Cl)Cl)c1. The number of amides is 1. The second-order valence-corrected chi connectivity index (χ2v) is 5.02. The van der Waals surface area contributed by atoms with Crippen molar-refractivity contribution in [1.29, 1.82) is 0 Å². The van der Waals surface area contributed by atoms with Crippen LogP contribution in [0.5, 0.6) is 0 Å². The van der Waals surface area contributed by atoms with Gasteiger partial charge in [0.25, 0.3) is 9.70 Å². The Morgan fingerprint density at radius 1 is 1.38 bits per heavy atom. The minimum atomic E-state index is -2.03. The quantitative estimate of drug-likeness (QED) is 0.463. The van der Waals surface area contributed by atoms with Gasteiger partial charge in [0.2, 0.25) is 5.78 Å². The predicted octanol–water partition coefficient (Wildman–Crippen LogP) is 1.40. The van der Waals surface area contributed by atoms with Crippen molar-refractivity contribution in [2.75, 3.05) is 0 Å². The van der Waals surface area contributed by atoms with Crippen LogP contribution < -0.4 is 5.73 Å². The average Bonchev–Trinajstić information content (AvgIpc) is 2.60. The van der Waals surface area contributed by atoms with E-state index in [1.54, 1.807) is 0 Å². The minimum absolute atomic E-state index is 0.0915. The number of nitrogens with two attached hydrogens (primary N) is 1. The number of hydrogen-bond acceptors (Lipinski definition) is 2. The van der Waals surface area contributed by atoms with Gasteiger partial charge < -0.3 is 10.7 Å². The molecule has 0 spiro atoms. The Morgan fingerprint density at radius 2 is 2.00 bits per heavy atom. The first-order valence-electron chi connectivity index (χ1n) is 3.92. The Balaban J connectivity index is 2.93. The van der Waals surface area contributed by atoms with E-state index in [1.807, 2.05) is 0 Å². The summed E-state index contributed by atoms with van der Waals surface area (Å²) < 4.78 is -2.03. The van der Waals surface area contributed by atoms with E-state index in [0.29, 0.717) is 5.56 Å². The third-order valence-corrected chi connectivity index (χ3v) is 2.03. The smallest absolute Gasteiger partial charge is 0.293 e. The zero-order valence-corrected chi connectivity index (χ0v) is 9.95. The molecule has 0 aromatic carbocycles.